The lowest BCUT2D eigenvalue weighted by atomic mass is 10.1. The first-order valence-corrected chi connectivity index (χ1v) is 12.5. The van der Waals surface area contributed by atoms with Crippen LogP contribution in [-0.2, 0) is 26.2 Å². The van der Waals surface area contributed by atoms with E-state index in [9.17, 15) is 18.0 Å². The third-order valence-corrected chi connectivity index (χ3v) is 6.57. The van der Waals surface area contributed by atoms with Gasteiger partial charge in [-0.05, 0) is 36.8 Å². The van der Waals surface area contributed by atoms with Crippen LogP contribution in [0.5, 0.6) is 11.5 Å². The van der Waals surface area contributed by atoms with Gasteiger partial charge in [0.15, 0.2) is 11.5 Å². The Kier molecular flexibility index (Phi) is 7.70. The number of fused-ring (bicyclic) bond motifs is 1. The number of nitrogens with one attached hydrogen (secondary N) is 1. The van der Waals surface area contributed by atoms with Crippen LogP contribution in [0.15, 0.2) is 42.5 Å². The van der Waals surface area contributed by atoms with Gasteiger partial charge in [0.1, 0.15) is 25.8 Å². The fourth-order valence-electron chi connectivity index (χ4n) is 3.38. The number of likely N-dealkylation sites (N-methyl/N-ethyl adjacent to an activating group) is 1. The van der Waals surface area contributed by atoms with Crippen LogP contribution in [0.4, 0.5) is 5.69 Å². The van der Waals surface area contributed by atoms with Gasteiger partial charge >= 0.3 is 0 Å². The van der Waals surface area contributed by atoms with Gasteiger partial charge in [-0.2, -0.15) is 0 Å². The van der Waals surface area contributed by atoms with Gasteiger partial charge in [-0.3, -0.25) is 13.9 Å². The van der Waals surface area contributed by atoms with Crippen LogP contribution in [0.1, 0.15) is 12.5 Å². The molecule has 0 unspecified atom stereocenters. The zero-order valence-electron chi connectivity index (χ0n) is 18.6. The number of nitrogens with zero attached hydrogens (tertiary/aromatic N) is 2. The van der Waals surface area contributed by atoms with Crippen molar-refractivity contribution in [2.24, 2.45) is 0 Å². The minimum absolute atomic E-state index is 0.101. The molecule has 0 radical (unpaired) electrons. The van der Waals surface area contributed by atoms with Crippen LogP contribution in [0, 0.1) is 0 Å². The maximum Gasteiger partial charge on any atom is 0.244 e. The van der Waals surface area contributed by atoms with E-state index in [0.717, 1.165) is 16.1 Å². The summed E-state index contributed by atoms with van der Waals surface area (Å²) in [6.07, 6.45) is 1.02. The normalized spacial score (nSPS) is 13.7. The third-order valence-electron chi connectivity index (χ3n) is 5.17. The number of ether oxygens (including phenoxy) is 2. The van der Waals surface area contributed by atoms with Gasteiger partial charge < -0.3 is 19.7 Å². The number of carbonyl (C=O) groups is 2. The number of benzene rings is 2. The maximum absolute atomic E-state index is 13.4. The molecule has 0 spiro atoms. The van der Waals surface area contributed by atoms with Crippen molar-refractivity contribution in [1.82, 2.24) is 10.2 Å². The second-order valence-electron chi connectivity index (χ2n) is 7.54. The van der Waals surface area contributed by atoms with Crippen molar-refractivity contribution in [3.05, 3.63) is 53.1 Å². The fourth-order valence-corrected chi connectivity index (χ4v) is 4.35. The fraction of sp³-hybridized carbons (Fsp3) is 0.364. The molecule has 178 valence electrons. The largest absolute Gasteiger partial charge is 0.486 e. The van der Waals surface area contributed by atoms with Crippen molar-refractivity contribution < 1.29 is 27.5 Å². The summed E-state index contributed by atoms with van der Waals surface area (Å²) in [7, 11) is -2.36. The molecule has 0 aromatic heterocycles. The summed E-state index contributed by atoms with van der Waals surface area (Å²) in [6.45, 7) is 1.93. The zero-order chi connectivity index (χ0) is 24.2. The number of sulfonamides is 1. The summed E-state index contributed by atoms with van der Waals surface area (Å²) < 4.78 is 37.2. The summed E-state index contributed by atoms with van der Waals surface area (Å²) >= 11 is 5.95. The number of carbonyl (C=O) groups excluding carboxylic acids is 2. The summed E-state index contributed by atoms with van der Waals surface area (Å²) in [6, 6.07) is 10.7. The predicted molar refractivity (Wildman–Crippen MR) is 125 cm³/mol. The van der Waals surface area contributed by atoms with Gasteiger partial charge in [0, 0.05) is 24.7 Å². The quantitative estimate of drug-likeness (QED) is 0.601. The van der Waals surface area contributed by atoms with Crippen LogP contribution >= 0.6 is 11.6 Å². The van der Waals surface area contributed by atoms with Crippen molar-refractivity contribution in [2.45, 2.75) is 19.5 Å². The molecule has 0 saturated heterocycles. The first-order valence-electron chi connectivity index (χ1n) is 10.2. The van der Waals surface area contributed by atoms with Crippen LogP contribution < -0.4 is 19.1 Å². The minimum Gasteiger partial charge on any atom is -0.486 e. The lowest BCUT2D eigenvalue weighted by Gasteiger charge is -2.31. The van der Waals surface area contributed by atoms with E-state index >= 15 is 0 Å². The van der Waals surface area contributed by atoms with E-state index in [0.29, 0.717) is 29.7 Å². The molecule has 2 aromatic carbocycles. The highest BCUT2D eigenvalue weighted by atomic mass is 35.5. The van der Waals surface area contributed by atoms with Gasteiger partial charge in [-0.15, -0.1) is 0 Å². The third kappa shape index (κ3) is 6.08. The Balaban J connectivity index is 1.91. The molecule has 0 aliphatic carbocycles. The standard InChI is InChI=1S/C22H26ClN3O6S/c1-15(22(28)24-2)25(13-16-4-6-17(23)7-5-16)21(27)14-26(33(3,29)30)18-8-9-19-20(12-18)32-11-10-31-19/h4-9,12,15H,10-11,13-14H2,1-3H3,(H,24,28)/t15-/m1/s1. The maximum atomic E-state index is 13.4. The molecule has 33 heavy (non-hydrogen) atoms. The van der Waals surface area contributed by atoms with E-state index in [2.05, 4.69) is 5.32 Å². The second kappa shape index (κ2) is 10.3. The lowest BCUT2D eigenvalue weighted by molar-refractivity contribution is -0.139. The average molecular weight is 496 g/mol. The van der Waals surface area contributed by atoms with Gasteiger partial charge in [-0.1, -0.05) is 23.7 Å². The molecule has 1 heterocycles. The molecule has 1 N–H and O–H groups in total. The molecule has 2 aromatic rings. The van der Waals surface area contributed by atoms with E-state index in [4.69, 9.17) is 21.1 Å². The van der Waals surface area contributed by atoms with Crippen molar-refractivity contribution in [3.8, 4) is 11.5 Å². The SMILES string of the molecule is CNC(=O)[C@@H](C)N(Cc1ccc(Cl)cc1)C(=O)CN(c1ccc2c(c1)OCCO2)S(C)(=O)=O. The molecule has 3 rings (SSSR count). The molecule has 1 aliphatic heterocycles. The van der Waals surface area contributed by atoms with Crippen molar-refractivity contribution in [1.29, 1.82) is 0 Å². The molecule has 2 amide bonds. The lowest BCUT2D eigenvalue weighted by Crippen LogP contribution is -2.50. The molecule has 11 heteroatoms. The smallest absolute Gasteiger partial charge is 0.244 e. The Labute approximate surface area is 198 Å². The predicted octanol–water partition coefficient (Wildman–Crippen LogP) is 2.04. The van der Waals surface area contributed by atoms with E-state index in [1.54, 1.807) is 43.3 Å². The summed E-state index contributed by atoms with van der Waals surface area (Å²) in [5.41, 5.74) is 1.00. The highest BCUT2D eigenvalue weighted by Crippen LogP contribution is 2.34. The minimum atomic E-state index is -3.83. The molecule has 9 nitrogen and oxygen atoms in total. The summed E-state index contributed by atoms with van der Waals surface area (Å²) in [5, 5.41) is 3.07. The number of halogens is 1. The molecule has 1 atom stereocenters. The topological polar surface area (TPSA) is 105 Å². The summed E-state index contributed by atoms with van der Waals surface area (Å²) in [5.74, 6) is -0.0112. The highest BCUT2D eigenvalue weighted by molar-refractivity contribution is 7.92. The molecule has 0 fully saturated rings. The number of amides is 2. The highest BCUT2D eigenvalue weighted by Gasteiger charge is 2.30. The van der Waals surface area contributed by atoms with Gasteiger partial charge in [-0.25, -0.2) is 8.42 Å². The number of hydrogen-bond donors (Lipinski definition) is 1. The molecule has 1 aliphatic rings. The van der Waals surface area contributed by atoms with Crippen LogP contribution in [0.2, 0.25) is 5.02 Å². The van der Waals surface area contributed by atoms with Crippen LogP contribution in [0.3, 0.4) is 0 Å². The van der Waals surface area contributed by atoms with Gasteiger partial charge in [0.25, 0.3) is 0 Å². The van der Waals surface area contributed by atoms with E-state index in [1.165, 1.54) is 18.0 Å². The number of anilines is 1. The molecular formula is C22H26ClN3O6S. The van der Waals surface area contributed by atoms with Crippen LogP contribution in [-0.4, -0.2) is 64.2 Å². The average Bonchev–Trinajstić information content (AvgIpc) is 2.80. The Bertz CT molecular complexity index is 1120. The Morgan fingerprint density at radius 2 is 1.73 bits per heavy atom. The molecule has 0 saturated carbocycles. The first-order chi connectivity index (χ1) is 15.6. The van der Waals surface area contributed by atoms with Gasteiger partial charge in [0.05, 0.1) is 11.9 Å². The van der Waals surface area contributed by atoms with E-state index < -0.39 is 28.5 Å². The van der Waals surface area contributed by atoms with E-state index in [-0.39, 0.29) is 18.1 Å². The summed E-state index contributed by atoms with van der Waals surface area (Å²) in [4.78, 5) is 27.0. The molecule has 0 bridgehead atoms. The Morgan fingerprint density at radius 3 is 2.33 bits per heavy atom. The second-order valence-corrected chi connectivity index (χ2v) is 9.88. The van der Waals surface area contributed by atoms with Crippen molar-refractivity contribution in [3.63, 3.8) is 0 Å². The Hall–Kier alpha value is -2.98. The Morgan fingerprint density at radius 1 is 1.09 bits per heavy atom. The zero-order valence-corrected chi connectivity index (χ0v) is 20.1. The van der Waals surface area contributed by atoms with Crippen LogP contribution in [0.25, 0.3) is 0 Å². The first kappa shape index (κ1) is 24.7. The van der Waals surface area contributed by atoms with E-state index in [1.807, 2.05) is 0 Å². The monoisotopic (exact) mass is 495 g/mol. The van der Waals surface area contributed by atoms with Crippen molar-refractivity contribution in [2.75, 3.05) is 37.4 Å². The number of hydrogen-bond acceptors (Lipinski definition) is 6. The molecular weight excluding hydrogens is 470 g/mol. The van der Waals surface area contributed by atoms with Gasteiger partial charge in [0.2, 0.25) is 21.8 Å². The van der Waals surface area contributed by atoms with Crippen molar-refractivity contribution >= 4 is 39.1 Å². The number of rotatable bonds is 8.